The highest BCUT2D eigenvalue weighted by Crippen LogP contribution is 2.22. The molecule has 0 aliphatic rings. The zero-order valence-corrected chi connectivity index (χ0v) is 75.7. The zero-order chi connectivity index (χ0) is 93.5. The number of hydrogen-bond acceptors (Lipinski definition) is 21. The van der Waals surface area contributed by atoms with E-state index in [1.807, 2.05) is 65.8 Å². The summed E-state index contributed by atoms with van der Waals surface area (Å²) in [5, 5.41) is 39.2. The lowest BCUT2D eigenvalue weighted by Gasteiger charge is -2.31. The van der Waals surface area contributed by atoms with E-state index >= 15 is 0 Å². The molecule has 2 aromatic rings. The Morgan fingerprint density at radius 2 is 0.677 bits per heavy atom. The van der Waals surface area contributed by atoms with Crippen LogP contribution in [0.2, 0.25) is 0 Å². The van der Waals surface area contributed by atoms with Crippen LogP contribution in [0.5, 0.6) is 0 Å². The number of H-pyrrole nitrogens is 1. The Kier molecular flexibility index (Phi) is 52.2. The number of carbonyl (C=O) groups is 15. The molecule has 0 aliphatic heterocycles. The average Bonchev–Trinajstić information content (AvgIpc) is 1.65. The van der Waals surface area contributed by atoms with Gasteiger partial charge in [0.1, 0.15) is 78.5 Å². The summed E-state index contributed by atoms with van der Waals surface area (Å²) >= 11 is 0. The van der Waals surface area contributed by atoms with Crippen LogP contribution in [0, 0.1) is 41.4 Å². The summed E-state index contributed by atoms with van der Waals surface area (Å²) in [7, 11) is 0. The molecule has 0 fully saturated rings. The summed E-state index contributed by atoms with van der Waals surface area (Å²) in [5.41, 5.74) is 47.5. The fourth-order valence-corrected chi connectivity index (χ4v) is 13.8. The zero-order valence-electron chi connectivity index (χ0n) is 75.7. The first kappa shape index (κ1) is 110. The molecule has 0 radical (unpaired) electrons. The van der Waals surface area contributed by atoms with Crippen molar-refractivity contribution in [3.63, 3.8) is 0 Å². The van der Waals surface area contributed by atoms with Crippen LogP contribution in [-0.2, 0) is 78.3 Å². The number of benzene rings is 1. The van der Waals surface area contributed by atoms with Crippen LogP contribution < -0.4 is 120 Å². The fourth-order valence-electron chi connectivity index (χ4n) is 13.8. The van der Waals surface area contributed by atoms with Crippen molar-refractivity contribution in [2.45, 2.75) is 304 Å². The van der Waals surface area contributed by atoms with Crippen LogP contribution in [-0.4, -0.2) is 224 Å². The third-order valence-corrected chi connectivity index (χ3v) is 21.0. The molecule has 0 saturated carbocycles. The van der Waals surface area contributed by atoms with E-state index in [9.17, 15) is 71.9 Å². The Labute approximate surface area is 731 Å². The first-order valence-electron chi connectivity index (χ1n) is 44.2. The lowest BCUT2D eigenvalue weighted by atomic mass is 9.95. The van der Waals surface area contributed by atoms with Gasteiger partial charge in [-0.15, -0.1) is 0 Å². The van der Waals surface area contributed by atoms with Crippen molar-refractivity contribution in [2.24, 2.45) is 92.3 Å². The molecule has 14 atom stereocenters. The monoisotopic (exact) mass is 1750 g/mol. The van der Waals surface area contributed by atoms with E-state index in [1.54, 1.807) is 61.6 Å². The molecular formula is C85H152N24O15. The Morgan fingerprint density at radius 1 is 0.355 bits per heavy atom. The second-order valence-electron chi connectivity index (χ2n) is 34.6. The van der Waals surface area contributed by atoms with Crippen molar-refractivity contribution < 1.29 is 71.9 Å². The Balaban J connectivity index is 2.50. The number of nitrogens with one attached hydrogen (secondary N) is 15. The molecule has 0 aliphatic carbocycles. The Hall–Kier alpha value is -10.1. The molecule has 39 heteroatoms. The van der Waals surface area contributed by atoms with Gasteiger partial charge in [-0.2, -0.15) is 0 Å². The Bertz CT molecular complexity index is 3740. The molecule has 15 amide bonds. The van der Waals surface area contributed by atoms with E-state index in [4.69, 9.17) is 45.9 Å². The molecule has 0 bridgehead atoms. The number of hydrogen-bond donors (Lipinski definition) is 23. The minimum absolute atomic E-state index is 0.00595. The van der Waals surface area contributed by atoms with Gasteiger partial charge in [-0.1, -0.05) is 122 Å². The second kappa shape index (κ2) is 58.9. The maximum atomic E-state index is 14.9. The minimum Gasteiger partial charge on any atom is -0.370 e. The molecule has 2 rings (SSSR count). The number of fused-ring (bicyclic) bond motifs is 1. The highest BCUT2D eigenvalue weighted by molar-refractivity contribution is 6.01. The third kappa shape index (κ3) is 41.6. The summed E-state index contributed by atoms with van der Waals surface area (Å²) in [5.74, 6) is -13.9. The quantitative estimate of drug-likeness (QED) is 0.0208. The van der Waals surface area contributed by atoms with E-state index in [0.717, 1.165) is 16.5 Å². The normalized spacial score (nSPS) is 14.9. The number of unbranched alkanes of at least 4 members (excludes halogenated alkanes) is 4. The summed E-state index contributed by atoms with van der Waals surface area (Å²) in [6.45, 7) is 24.7. The van der Waals surface area contributed by atoms with Gasteiger partial charge in [-0.05, 0) is 195 Å². The number of guanidine groups is 1. The molecule has 31 N–H and O–H groups in total. The molecule has 0 saturated heterocycles. The second-order valence-corrected chi connectivity index (χ2v) is 34.6. The Morgan fingerprint density at radius 3 is 1.06 bits per heavy atom. The smallest absolute Gasteiger partial charge is 0.243 e. The molecular weight excluding hydrogens is 1600 g/mol. The highest BCUT2D eigenvalue weighted by atomic mass is 16.2. The third-order valence-electron chi connectivity index (χ3n) is 21.0. The molecule has 124 heavy (non-hydrogen) atoms. The summed E-state index contributed by atoms with van der Waals surface area (Å²) in [4.78, 5) is 220. The molecule has 1 aromatic carbocycles. The number of carbonyl (C=O) groups excluding carboxylic acids is 15. The van der Waals surface area contributed by atoms with Crippen molar-refractivity contribution >= 4 is 105 Å². The number of amides is 15. The molecule has 702 valence electrons. The van der Waals surface area contributed by atoms with Crippen LogP contribution in [0.15, 0.2) is 35.5 Å². The first-order valence-corrected chi connectivity index (χ1v) is 44.2. The van der Waals surface area contributed by atoms with E-state index in [-0.39, 0.29) is 133 Å². The van der Waals surface area contributed by atoms with Crippen molar-refractivity contribution in [2.75, 3.05) is 45.8 Å². The number of rotatable bonds is 63. The van der Waals surface area contributed by atoms with Gasteiger partial charge in [0.2, 0.25) is 88.6 Å². The van der Waals surface area contributed by atoms with Gasteiger partial charge in [0.05, 0.1) is 13.1 Å². The summed E-state index contributed by atoms with van der Waals surface area (Å²) in [6, 6.07) is -8.94. The number of aromatic nitrogens is 1. The van der Waals surface area contributed by atoms with Gasteiger partial charge in [0, 0.05) is 30.1 Å². The van der Waals surface area contributed by atoms with Crippen molar-refractivity contribution in [3.05, 3.63) is 36.0 Å². The van der Waals surface area contributed by atoms with Crippen molar-refractivity contribution in [1.29, 1.82) is 0 Å². The number of aliphatic imine (C=N–C) groups is 1. The lowest BCUT2D eigenvalue weighted by Crippen LogP contribution is -2.62. The largest absolute Gasteiger partial charge is 0.370 e. The predicted octanol–water partition coefficient (Wildman–Crippen LogP) is -1.31. The van der Waals surface area contributed by atoms with Crippen LogP contribution in [0.25, 0.3) is 10.9 Å². The predicted molar refractivity (Wildman–Crippen MR) is 477 cm³/mol. The number of aromatic amines is 1. The van der Waals surface area contributed by atoms with Crippen molar-refractivity contribution in [3.8, 4) is 0 Å². The first-order chi connectivity index (χ1) is 58.6. The van der Waals surface area contributed by atoms with Gasteiger partial charge >= 0.3 is 0 Å². The van der Waals surface area contributed by atoms with Gasteiger partial charge in [0.25, 0.3) is 0 Å². The maximum absolute atomic E-state index is 14.9. The van der Waals surface area contributed by atoms with Gasteiger partial charge in [0.15, 0.2) is 5.96 Å². The highest BCUT2D eigenvalue weighted by Gasteiger charge is 2.40. The van der Waals surface area contributed by atoms with Crippen LogP contribution in [0.3, 0.4) is 0 Å². The molecule has 0 spiro atoms. The molecule has 0 unspecified atom stereocenters. The van der Waals surface area contributed by atoms with E-state index in [0.29, 0.717) is 57.8 Å². The number of primary amides is 1. The van der Waals surface area contributed by atoms with Crippen molar-refractivity contribution in [1.82, 2.24) is 79.4 Å². The van der Waals surface area contributed by atoms with E-state index in [1.165, 1.54) is 0 Å². The molecule has 39 nitrogen and oxygen atoms in total. The van der Waals surface area contributed by atoms with Gasteiger partial charge in [-0.3, -0.25) is 76.9 Å². The maximum Gasteiger partial charge on any atom is 0.243 e. The molecule has 1 aromatic heterocycles. The van der Waals surface area contributed by atoms with Crippen LogP contribution >= 0.6 is 0 Å². The number of nitrogens with zero attached hydrogens (tertiary/aromatic N) is 1. The lowest BCUT2D eigenvalue weighted by molar-refractivity contribution is -0.137. The minimum atomic E-state index is -1.41. The topological polar surface area (TPSA) is 661 Å². The average molecular weight is 1750 g/mol. The fraction of sp³-hybridized carbons (Fsp3) is 0.718. The van der Waals surface area contributed by atoms with E-state index in [2.05, 4.69) is 84.4 Å². The standard InChI is InChI=1S/C85H152N24O15/c1-15-53(14)71(109-78(118)60(32-21-25-37-89)99-74(114)57(29-18-22-34-86)97-68(111)46-96-73(113)63(40-48(4)5)104-75(115)58(30-19-23-35-87)100-81(121)66(98-67(110)44-90)43-54-45-95-56-28-17-16-27-55(54)56)84(124)106-65(42-50(8)9)80(120)102-61(33-26-38-94-85(92)93)77(117)108-70(52(12)13)83(123)105-64(41-49(6)7)79(119)101-59(31-20-24-36-88)76(116)107-69(51(10)11)82(122)103-62(72(91)112)39-47(2)3/h16-17,27-28,45,47-53,57-66,69-71,95H,15,18-26,29-44,46,86-90H2,1-14H3,(H2,91,112)(H,96,113)(H,97,111)(H,98,110)(H,99,114)(H,100,121)(H,101,119)(H,102,120)(H,103,122)(H,104,115)(H,105,123)(H,106,124)(H,107,116)(H,108,117)(H,109,118)(H4,92,93,94)/t53-,57-,58-,59-,60-,61-,62-,63-,64-,65-,66-,69-,70-,71-/m0/s1. The number of nitrogens with two attached hydrogens (primary N) is 8. The summed E-state index contributed by atoms with van der Waals surface area (Å²) in [6.07, 6.45) is 6.02. The van der Waals surface area contributed by atoms with Gasteiger partial charge in [-0.25, -0.2) is 0 Å². The molecule has 1 heterocycles. The SMILES string of the molecule is CC[C@H](C)[C@H](NC(=O)[C@H](CCCCN)NC(=O)[C@H](CCCCN)NC(=O)CNC(=O)[C@H](CC(C)C)NC(=O)[C@H](CCCCN)NC(=O)[C@H](Cc1c[nH]c2ccccc12)NC(=O)CN)C(=O)N[C@@H](CC(C)C)C(=O)N[C@@H](CCCN=C(N)N)C(=O)N[C@H](C(=O)N[C@@H](CC(C)C)C(=O)N[C@@H](CCCCN)C(=O)N[C@H](C(=O)N[C@@H](CC(C)C)C(N)=O)C(C)C)C(C)C. The van der Waals surface area contributed by atoms with E-state index < -0.39 is 198 Å². The van der Waals surface area contributed by atoms with Gasteiger partial charge < -0.3 is 125 Å². The summed E-state index contributed by atoms with van der Waals surface area (Å²) < 4.78 is 0. The number of para-hydroxylation sites is 1. The van der Waals surface area contributed by atoms with Crippen LogP contribution in [0.4, 0.5) is 0 Å². The van der Waals surface area contributed by atoms with Crippen LogP contribution in [0.1, 0.15) is 224 Å².